The van der Waals surface area contributed by atoms with Gasteiger partial charge in [-0.2, -0.15) is 4.98 Å². The highest BCUT2D eigenvalue weighted by Crippen LogP contribution is 2.16. The fraction of sp³-hybridized carbons (Fsp3) is 0.636. The van der Waals surface area contributed by atoms with Gasteiger partial charge in [0, 0.05) is 5.69 Å². The van der Waals surface area contributed by atoms with E-state index in [2.05, 4.69) is 15.3 Å². The van der Waals surface area contributed by atoms with Crippen LogP contribution in [0.4, 0.5) is 0 Å². The average Bonchev–Trinajstić information content (AvgIpc) is 2.66. The van der Waals surface area contributed by atoms with Crippen LogP contribution in [-0.4, -0.2) is 23.1 Å². The van der Waals surface area contributed by atoms with Crippen LogP contribution in [-0.2, 0) is 6.42 Å². The normalized spacial score (nSPS) is 20.8. The smallest absolute Gasteiger partial charge is 0.316 e. The van der Waals surface area contributed by atoms with Gasteiger partial charge in [-0.1, -0.05) is 0 Å². The number of H-pyrrole nitrogens is 1. The number of hydrogen-bond acceptors (Lipinski definition) is 3. The van der Waals surface area contributed by atoms with Crippen molar-refractivity contribution in [2.75, 3.05) is 13.1 Å². The zero-order valence-electron chi connectivity index (χ0n) is 9.26. The van der Waals surface area contributed by atoms with Crippen molar-refractivity contribution in [3.63, 3.8) is 0 Å². The van der Waals surface area contributed by atoms with E-state index in [1.807, 2.05) is 13.8 Å². The van der Waals surface area contributed by atoms with Crippen molar-refractivity contribution < 1.29 is 0 Å². The molecule has 4 heteroatoms. The molecular weight excluding hydrogens is 190 g/mol. The number of aromatic nitrogens is 2. The maximum atomic E-state index is 11.3. The summed E-state index contributed by atoms with van der Waals surface area (Å²) in [4.78, 5) is 18.0. The molecule has 1 aliphatic rings. The Morgan fingerprint density at radius 1 is 1.47 bits per heavy atom. The molecule has 0 bridgehead atoms. The first-order valence-corrected chi connectivity index (χ1v) is 5.44. The summed E-state index contributed by atoms with van der Waals surface area (Å²) in [5.41, 5.74) is 2.81. The Kier molecular flexibility index (Phi) is 2.86. The molecule has 1 aromatic heterocycles. The van der Waals surface area contributed by atoms with E-state index in [1.165, 1.54) is 6.42 Å². The summed E-state index contributed by atoms with van der Waals surface area (Å²) in [5, 5.41) is 3.33. The second-order valence-electron chi connectivity index (χ2n) is 4.30. The molecule has 4 nitrogen and oxygen atoms in total. The maximum Gasteiger partial charge on any atom is 0.345 e. The summed E-state index contributed by atoms with van der Waals surface area (Å²) in [7, 11) is 0. The van der Waals surface area contributed by atoms with E-state index < -0.39 is 0 Å². The lowest BCUT2D eigenvalue weighted by Crippen LogP contribution is -2.19. The Labute approximate surface area is 89.1 Å². The van der Waals surface area contributed by atoms with Crippen LogP contribution in [0.3, 0.4) is 0 Å². The Hall–Kier alpha value is -1.16. The second kappa shape index (κ2) is 4.14. The van der Waals surface area contributed by atoms with Crippen molar-refractivity contribution in [2.45, 2.75) is 26.7 Å². The van der Waals surface area contributed by atoms with Gasteiger partial charge in [0.05, 0.1) is 5.69 Å². The van der Waals surface area contributed by atoms with E-state index in [0.29, 0.717) is 5.92 Å². The fourth-order valence-electron chi connectivity index (χ4n) is 2.07. The van der Waals surface area contributed by atoms with Gasteiger partial charge in [-0.05, 0) is 51.3 Å². The molecule has 1 saturated heterocycles. The van der Waals surface area contributed by atoms with E-state index in [4.69, 9.17) is 0 Å². The van der Waals surface area contributed by atoms with Crippen molar-refractivity contribution in [2.24, 2.45) is 5.92 Å². The van der Waals surface area contributed by atoms with E-state index in [1.54, 1.807) is 0 Å². The summed E-state index contributed by atoms with van der Waals surface area (Å²) >= 11 is 0. The van der Waals surface area contributed by atoms with Gasteiger partial charge in [-0.25, -0.2) is 4.79 Å². The van der Waals surface area contributed by atoms with Gasteiger partial charge < -0.3 is 10.3 Å². The number of aryl methyl sites for hydroxylation is 1. The van der Waals surface area contributed by atoms with E-state index in [-0.39, 0.29) is 5.69 Å². The van der Waals surface area contributed by atoms with E-state index in [9.17, 15) is 4.79 Å². The topological polar surface area (TPSA) is 57.8 Å². The first-order valence-electron chi connectivity index (χ1n) is 5.44. The molecule has 0 spiro atoms. The lowest BCUT2D eigenvalue weighted by Gasteiger charge is -2.10. The van der Waals surface area contributed by atoms with Crippen LogP contribution >= 0.6 is 0 Å². The number of nitrogens with zero attached hydrogens (tertiary/aromatic N) is 1. The van der Waals surface area contributed by atoms with Gasteiger partial charge in [0.25, 0.3) is 0 Å². The zero-order valence-corrected chi connectivity index (χ0v) is 9.26. The molecule has 1 fully saturated rings. The summed E-state index contributed by atoms with van der Waals surface area (Å²) in [6.45, 7) is 6.09. The lowest BCUT2D eigenvalue weighted by molar-refractivity contribution is 0.566. The van der Waals surface area contributed by atoms with Gasteiger partial charge in [0.2, 0.25) is 0 Å². The third-order valence-corrected chi connectivity index (χ3v) is 3.17. The minimum absolute atomic E-state index is 0.223. The molecule has 1 atom stereocenters. The van der Waals surface area contributed by atoms with Crippen molar-refractivity contribution in [1.29, 1.82) is 0 Å². The third-order valence-electron chi connectivity index (χ3n) is 3.17. The minimum Gasteiger partial charge on any atom is -0.316 e. The third kappa shape index (κ3) is 2.26. The Bertz CT molecular complexity index is 405. The molecule has 1 aromatic rings. The molecule has 15 heavy (non-hydrogen) atoms. The molecule has 2 heterocycles. The Morgan fingerprint density at radius 3 is 2.93 bits per heavy atom. The molecular formula is C11H17N3O. The Morgan fingerprint density at radius 2 is 2.27 bits per heavy atom. The first kappa shape index (κ1) is 10.4. The predicted octanol–water partition coefficient (Wildman–Crippen LogP) is 0.539. The maximum absolute atomic E-state index is 11.3. The van der Waals surface area contributed by atoms with Crippen molar-refractivity contribution >= 4 is 0 Å². The highest BCUT2D eigenvalue weighted by Gasteiger charge is 2.17. The highest BCUT2D eigenvalue weighted by atomic mass is 16.1. The Balaban J connectivity index is 2.23. The molecule has 2 rings (SSSR count). The van der Waals surface area contributed by atoms with Crippen LogP contribution in [0.1, 0.15) is 23.4 Å². The van der Waals surface area contributed by atoms with E-state index in [0.717, 1.165) is 36.5 Å². The molecule has 0 aliphatic carbocycles. The molecule has 0 saturated carbocycles. The average molecular weight is 207 g/mol. The van der Waals surface area contributed by atoms with Crippen LogP contribution in [0, 0.1) is 19.8 Å². The summed E-state index contributed by atoms with van der Waals surface area (Å²) in [6.07, 6.45) is 2.11. The van der Waals surface area contributed by atoms with Gasteiger partial charge in [-0.3, -0.25) is 0 Å². The molecule has 0 aromatic carbocycles. The lowest BCUT2D eigenvalue weighted by atomic mass is 9.99. The number of rotatable bonds is 2. The minimum atomic E-state index is -0.223. The number of nitrogens with one attached hydrogen (secondary N) is 2. The summed E-state index contributed by atoms with van der Waals surface area (Å²) in [5.74, 6) is 0.636. The summed E-state index contributed by atoms with van der Waals surface area (Å²) < 4.78 is 0. The van der Waals surface area contributed by atoms with Gasteiger partial charge in [-0.15, -0.1) is 0 Å². The predicted molar refractivity (Wildman–Crippen MR) is 59.0 cm³/mol. The monoisotopic (exact) mass is 207 g/mol. The standard InChI is InChI=1S/C11H17N3O/c1-7-8(2)13-11(15)14-10(7)5-9-3-4-12-6-9/h9,12H,3-6H2,1-2H3,(H,13,14,15). The van der Waals surface area contributed by atoms with E-state index >= 15 is 0 Å². The highest BCUT2D eigenvalue weighted by molar-refractivity contribution is 5.22. The van der Waals surface area contributed by atoms with Crippen molar-refractivity contribution in [3.8, 4) is 0 Å². The van der Waals surface area contributed by atoms with Gasteiger partial charge in [0.15, 0.2) is 0 Å². The van der Waals surface area contributed by atoms with Gasteiger partial charge >= 0.3 is 5.69 Å². The zero-order chi connectivity index (χ0) is 10.8. The number of aromatic amines is 1. The number of hydrogen-bond donors (Lipinski definition) is 2. The van der Waals surface area contributed by atoms with Crippen LogP contribution in [0.2, 0.25) is 0 Å². The summed E-state index contributed by atoms with van der Waals surface area (Å²) in [6, 6.07) is 0. The van der Waals surface area contributed by atoms with Crippen molar-refractivity contribution in [1.82, 2.24) is 15.3 Å². The molecule has 0 radical (unpaired) electrons. The largest absolute Gasteiger partial charge is 0.345 e. The van der Waals surface area contributed by atoms with Crippen LogP contribution in [0.25, 0.3) is 0 Å². The molecule has 0 amide bonds. The SMILES string of the molecule is Cc1[nH]c(=O)nc(CC2CCNC2)c1C. The molecule has 1 unspecified atom stereocenters. The molecule has 1 aliphatic heterocycles. The fourth-order valence-corrected chi connectivity index (χ4v) is 2.07. The van der Waals surface area contributed by atoms with Crippen molar-refractivity contribution in [3.05, 3.63) is 27.4 Å². The quantitative estimate of drug-likeness (QED) is 0.744. The second-order valence-corrected chi connectivity index (χ2v) is 4.30. The first-order chi connectivity index (χ1) is 7.16. The van der Waals surface area contributed by atoms with Crippen LogP contribution in [0.15, 0.2) is 4.79 Å². The molecule has 82 valence electrons. The van der Waals surface area contributed by atoms with Crippen LogP contribution < -0.4 is 11.0 Å². The van der Waals surface area contributed by atoms with Crippen LogP contribution in [0.5, 0.6) is 0 Å². The van der Waals surface area contributed by atoms with Gasteiger partial charge in [0.1, 0.15) is 0 Å². The molecule has 2 N–H and O–H groups in total.